The molecule has 0 saturated carbocycles. The quantitative estimate of drug-likeness (QED) is 0.225. The van der Waals surface area contributed by atoms with E-state index in [-0.39, 0.29) is 6.61 Å². The lowest BCUT2D eigenvalue weighted by atomic mass is 9.94. The first-order valence-corrected chi connectivity index (χ1v) is 9.48. The van der Waals surface area contributed by atoms with Crippen LogP contribution in [0.4, 0.5) is 0 Å². The van der Waals surface area contributed by atoms with E-state index in [0.717, 1.165) is 0 Å². The summed E-state index contributed by atoms with van der Waals surface area (Å²) < 4.78 is 27.5. The molecule has 11 atom stereocenters. The summed E-state index contributed by atoms with van der Waals surface area (Å²) in [6.45, 7) is 1.94. The van der Waals surface area contributed by atoms with Gasteiger partial charge in [-0.05, 0) is 13.8 Å². The second-order valence-electron chi connectivity index (χ2n) is 8.09. The van der Waals surface area contributed by atoms with Crippen LogP contribution in [0, 0.1) is 0 Å². The first-order valence-electron chi connectivity index (χ1n) is 9.48. The van der Waals surface area contributed by atoms with Gasteiger partial charge in [0.1, 0.15) is 54.9 Å². The molecule has 0 aromatic rings. The number of fused-ring (bicyclic) bond motifs is 1. The topological polar surface area (TPSA) is 188 Å². The highest BCUT2D eigenvalue weighted by Crippen LogP contribution is 2.34. The third-order valence-corrected chi connectivity index (χ3v) is 5.48. The van der Waals surface area contributed by atoms with Gasteiger partial charge in [0.15, 0.2) is 12.6 Å². The molecule has 0 amide bonds. The third-order valence-electron chi connectivity index (χ3n) is 5.48. The Morgan fingerprint density at radius 1 is 0.862 bits per heavy atom. The van der Waals surface area contributed by atoms with Crippen LogP contribution in [-0.2, 0) is 23.7 Å². The second-order valence-corrected chi connectivity index (χ2v) is 8.09. The van der Waals surface area contributed by atoms with E-state index >= 15 is 0 Å². The molecule has 29 heavy (non-hydrogen) atoms. The summed E-state index contributed by atoms with van der Waals surface area (Å²) >= 11 is 0. The summed E-state index contributed by atoms with van der Waals surface area (Å²) in [5.41, 5.74) is -1.26. The van der Waals surface area contributed by atoms with Gasteiger partial charge in [-0.25, -0.2) is 0 Å². The minimum absolute atomic E-state index is 0.0193. The zero-order chi connectivity index (χ0) is 21.5. The second kappa shape index (κ2) is 8.94. The molecule has 3 rings (SSSR count). The molecule has 0 aromatic carbocycles. The molecule has 0 bridgehead atoms. The van der Waals surface area contributed by atoms with Gasteiger partial charge in [0, 0.05) is 0 Å². The van der Waals surface area contributed by atoms with Crippen molar-refractivity contribution in [2.24, 2.45) is 0 Å². The van der Waals surface area contributed by atoms with Crippen molar-refractivity contribution in [3.05, 3.63) is 0 Å². The van der Waals surface area contributed by atoms with E-state index in [2.05, 4.69) is 0 Å². The van der Waals surface area contributed by atoms with Crippen LogP contribution in [-0.4, -0.2) is 129 Å². The standard InChI is InChI=1S/C17H30O12/c1-17(2,24)8-5-25-12-7(4-19)27-16(11(22)13(12)28-8)29-14-10(21)9(20)6(3-18)26-15(14)23/h6-16,18-24H,3-5H2,1-2H3/t6-,7-,8-,9-,10+,11-,12?,13?,14-,15+,16?/m1/s1. The first-order chi connectivity index (χ1) is 13.6. The van der Waals surface area contributed by atoms with E-state index in [4.69, 9.17) is 28.8 Å². The van der Waals surface area contributed by atoms with Crippen molar-refractivity contribution in [1.29, 1.82) is 0 Å². The van der Waals surface area contributed by atoms with Gasteiger partial charge >= 0.3 is 0 Å². The van der Waals surface area contributed by atoms with Gasteiger partial charge in [-0.3, -0.25) is 0 Å². The SMILES string of the molecule is CC(C)(O)[C@H]1COC2C(O1)[C@@H](O)C(O[C@@H]1[C@@H](O)[C@H](O)[C@@H](CO)O[C@@H]1O)O[C@@H]2CO. The summed E-state index contributed by atoms with van der Waals surface area (Å²) in [7, 11) is 0. The van der Waals surface area contributed by atoms with Crippen molar-refractivity contribution in [3.8, 4) is 0 Å². The van der Waals surface area contributed by atoms with E-state index in [9.17, 15) is 30.6 Å². The van der Waals surface area contributed by atoms with Gasteiger partial charge in [0.25, 0.3) is 0 Å². The Morgan fingerprint density at radius 2 is 1.52 bits per heavy atom. The molecule has 3 unspecified atom stereocenters. The molecule has 7 N–H and O–H groups in total. The fourth-order valence-electron chi connectivity index (χ4n) is 3.68. The molecule has 3 heterocycles. The number of hydrogen-bond donors (Lipinski definition) is 7. The average molecular weight is 426 g/mol. The Labute approximate surface area is 167 Å². The molecule has 3 aliphatic rings. The molecule has 3 aliphatic heterocycles. The lowest BCUT2D eigenvalue weighted by Crippen LogP contribution is -2.68. The lowest BCUT2D eigenvalue weighted by molar-refractivity contribution is -0.382. The minimum Gasteiger partial charge on any atom is -0.394 e. The highest BCUT2D eigenvalue weighted by atomic mass is 16.7. The van der Waals surface area contributed by atoms with Crippen molar-refractivity contribution < 1.29 is 59.4 Å². The van der Waals surface area contributed by atoms with E-state index in [1.807, 2.05) is 0 Å². The molecule has 0 aromatic heterocycles. The fraction of sp³-hybridized carbons (Fsp3) is 1.00. The third kappa shape index (κ3) is 4.59. The predicted molar refractivity (Wildman–Crippen MR) is 91.3 cm³/mol. The van der Waals surface area contributed by atoms with Crippen molar-refractivity contribution >= 4 is 0 Å². The van der Waals surface area contributed by atoms with E-state index in [0.29, 0.717) is 0 Å². The summed E-state index contributed by atoms with van der Waals surface area (Å²) in [4.78, 5) is 0. The molecule has 0 radical (unpaired) electrons. The monoisotopic (exact) mass is 426 g/mol. The van der Waals surface area contributed by atoms with Crippen LogP contribution in [0.2, 0.25) is 0 Å². The van der Waals surface area contributed by atoms with Crippen LogP contribution >= 0.6 is 0 Å². The number of ether oxygens (including phenoxy) is 5. The highest BCUT2D eigenvalue weighted by molar-refractivity contribution is 4.98. The Morgan fingerprint density at radius 3 is 2.10 bits per heavy atom. The molecule has 0 spiro atoms. The summed E-state index contributed by atoms with van der Waals surface area (Å²) in [6.07, 6.45) is -14.2. The molecule has 3 fully saturated rings. The normalized spacial score (nSPS) is 48.9. The van der Waals surface area contributed by atoms with Crippen molar-refractivity contribution in [3.63, 3.8) is 0 Å². The Hall–Kier alpha value is -0.480. The first kappa shape index (κ1) is 23.2. The lowest BCUT2D eigenvalue weighted by Gasteiger charge is -2.50. The predicted octanol–water partition coefficient (Wildman–Crippen LogP) is -4.20. The van der Waals surface area contributed by atoms with Crippen LogP contribution in [0.3, 0.4) is 0 Å². The zero-order valence-electron chi connectivity index (χ0n) is 16.1. The van der Waals surface area contributed by atoms with E-state index < -0.39 is 86.3 Å². The van der Waals surface area contributed by atoms with Gasteiger partial charge in [-0.2, -0.15) is 0 Å². The minimum atomic E-state index is -1.72. The van der Waals surface area contributed by atoms with Crippen molar-refractivity contribution in [2.45, 2.75) is 87.0 Å². The van der Waals surface area contributed by atoms with Crippen molar-refractivity contribution in [1.82, 2.24) is 0 Å². The van der Waals surface area contributed by atoms with Gasteiger partial charge in [-0.15, -0.1) is 0 Å². The van der Waals surface area contributed by atoms with E-state index in [1.54, 1.807) is 0 Å². The zero-order valence-corrected chi connectivity index (χ0v) is 16.1. The van der Waals surface area contributed by atoms with E-state index in [1.165, 1.54) is 13.8 Å². The largest absolute Gasteiger partial charge is 0.394 e. The maximum absolute atomic E-state index is 10.7. The van der Waals surface area contributed by atoms with Crippen LogP contribution < -0.4 is 0 Å². The number of rotatable bonds is 5. The summed E-state index contributed by atoms with van der Waals surface area (Å²) in [5, 5.41) is 70.0. The Balaban J connectivity index is 1.74. The smallest absolute Gasteiger partial charge is 0.187 e. The van der Waals surface area contributed by atoms with Gasteiger partial charge < -0.3 is 59.4 Å². The summed E-state index contributed by atoms with van der Waals surface area (Å²) in [6, 6.07) is 0. The number of hydrogen-bond acceptors (Lipinski definition) is 12. The molecule has 3 saturated heterocycles. The summed E-state index contributed by atoms with van der Waals surface area (Å²) in [5.74, 6) is 0. The van der Waals surface area contributed by atoms with Crippen LogP contribution in [0.25, 0.3) is 0 Å². The number of aliphatic hydroxyl groups is 7. The molecule has 0 aliphatic carbocycles. The van der Waals surface area contributed by atoms with Gasteiger partial charge in [-0.1, -0.05) is 0 Å². The highest BCUT2D eigenvalue weighted by Gasteiger charge is 2.54. The van der Waals surface area contributed by atoms with Crippen LogP contribution in [0.5, 0.6) is 0 Å². The average Bonchev–Trinajstić information content (AvgIpc) is 2.68. The maximum Gasteiger partial charge on any atom is 0.187 e. The van der Waals surface area contributed by atoms with Crippen molar-refractivity contribution in [2.75, 3.05) is 19.8 Å². The Kier molecular flexibility index (Phi) is 7.15. The van der Waals surface area contributed by atoms with Crippen LogP contribution in [0.1, 0.15) is 13.8 Å². The molecule has 170 valence electrons. The number of aliphatic hydroxyl groups excluding tert-OH is 6. The molecular weight excluding hydrogens is 396 g/mol. The maximum atomic E-state index is 10.7. The molecule has 12 heteroatoms. The van der Waals surface area contributed by atoms with Gasteiger partial charge in [0.05, 0.1) is 25.4 Å². The molecular formula is C17H30O12. The van der Waals surface area contributed by atoms with Gasteiger partial charge in [0.2, 0.25) is 0 Å². The molecule has 12 nitrogen and oxygen atoms in total. The fourth-order valence-corrected chi connectivity index (χ4v) is 3.68. The van der Waals surface area contributed by atoms with Crippen LogP contribution in [0.15, 0.2) is 0 Å². The Bertz CT molecular complexity index is 541.